The van der Waals surface area contributed by atoms with Gasteiger partial charge in [-0.2, -0.15) is 0 Å². The Hall–Kier alpha value is -1.84. The highest BCUT2D eigenvalue weighted by Gasteiger charge is 2.24. The van der Waals surface area contributed by atoms with E-state index in [1.165, 1.54) is 6.42 Å². The topological polar surface area (TPSA) is 49.0 Å². The Morgan fingerprint density at radius 1 is 1.38 bits per heavy atom. The summed E-state index contributed by atoms with van der Waals surface area (Å²) in [5.74, 6) is 1.19. The Labute approximate surface area is 125 Å². The third kappa shape index (κ3) is 3.09. The maximum absolute atomic E-state index is 12.4. The van der Waals surface area contributed by atoms with Crippen LogP contribution in [0.3, 0.4) is 0 Å². The summed E-state index contributed by atoms with van der Waals surface area (Å²) in [4.78, 5) is 22.4. The van der Waals surface area contributed by atoms with E-state index < -0.39 is 0 Å². The van der Waals surface area contributed by atoms with Gasteiger partial charge in [-0.3, -0.25) is 4.79 Å². The fourth-order valence-electron chi connectivity index (χ4n) is 3.25. The molecule has 4 nitrogen and oxygen atoms in total. The van der Waals surface area contributed by atoms with Crippen molar-refractivity contribution in [2.24, 2.45) is 0 Å². The van der Waals surface area contributed by atoms with Gasteiger partial charge in [-0.15, -0.1) is 0 Å². The number of fused-ring (bicyclic) bond motifs is 1. The van der Waals surface area contributed by atoms with E-state index in [2.05, 4.69) is 21.8 Å². The first kappa shape index (κ1) is 14.1. The Morgan fingerprint density at radius 2 is 2.24 bits per heavy atom. The fraction of sp³-hybridized carbons (Fsp3) is 0.529. The Morgan fingerprint density at radius 3 is 3.05 bits per heavy atom. The number of aromatic nitrogens is 2. The predicted molar refractivity (Wildman–Crippen MR) is 84.1 cm³/mol. The van der Waals surface area contributed by atoms with E-state index in [4.69, 9.17) is 0 Å². The molecule has 1 aromatic heterocycles. The molecule has 1 atom stereocenters. The summed E-state index contributed by atoms with van der Waals surface area (Å²) in [5, 5.41) is 0. The largest absolute Gasteiger partial charge is 0.342 e. The third-order valence-corrected chi connectivity index (χ3v) is 4.43. The van der Waals surface area contributed by atoms with Crippen molar-refractivity contribution in [3.05, 3.63) is 30.1 Å². The molecule has 0 spiro atoms. The van der Waals surface area contributed by atoms with Crippen LogP contribution in [0.4, 0.5) is 0 Å². The number of nitrogens with one attached hydrogen (secondary N) is 1. The van der Waals surface area contributed by atoms with Gasteiger partial charge in [0, 0.05) is 25.4 Å². The summed E-state index contributed by atoms with van der Waals surface area (Å²) < 4.78 is 0. The molecule has 0 bridgehead atoms. The summed E-state index contributed by atoms with van der Waals surface area (Å²) >= 11 is 0. The zero-order valence-corrected chi connectivity index (χ0v) is 12.6. The number of aromatic amines is 1. The van der Waals surface area contributed by atoms with Gasteiger partial charge in [0.25, 0.3) is 0 Å². The van der Waals surface area contributed by atoms with Crippen LogP contribution in [-0.4, -0.2) is 33.4 Å². The van der Waals surface area contributed by atoms with Crippen LogP contribution in [0.5, 0.6) is 0 Å². The molecule has 21 heavy (non-hydrogen) atoms. The standard InChI is InChI=1S/C17H23N3O/c1-2-13-7-5-6-12-20(13)17(21)11-10-16-18-14-8-3-4-9-15(14)19-16/h3-4,8-9,13H,2,5-7,10-12H2,1H3,(H,18,19)/t13-/m0/s1. The van der Waals surface area contributed by atoms with E-state index in [1.54, 1.807) is 0 Å². The molecule has 1 amide bonds. The molecular formula is C17H23N3O. The average Bonchev–Trinajstić information content (AvgIpc) is 2.95. The van der Waals surface area contributed by atoms with Gasteiger partial charge in [0.15, 0.2) is 0 Å². The zero-order valence-electron chi connectivity index (χ0n) is 12.6. The highest BCUT2D eigenvalue weighted by Crippen LogP contribution is 2.21. The average molecular weight is 285 g/mol. The van der Waals surface area contributed by atoms with Crippen LogP contribution in [-0.2, 0) is 11.2 Å². The van der Waals surface area contributed by atoms with Crippen LogP contribution in [0.15, 0.2) is 24.3 Å². The molecule has 1 saturated heterocycles. The van der Waals surface area contributed by atoms with E-state index in [0.717, 1.165) is 42.7 Å². The molecule has 1 aliphatic heterocycles. The van der Waals surface area contributed by atoms with E-state index in [1.807, 2.05) is 24.3 Å². The van der Waals surface area contributed by atoms with Crippen LogP contribution >= 0.6 is 0 Å². The van der Waals surface area contributed by atoms with Gasteiger partial charge in [-0.1, -0.05) is 19.1 Å². The number of hydrogen-bond donors (Lipinski definition) is 1. The number of benzene rings is 1. The molecule has 3 rings (SSSR count). The van der Waals surface area contributed by atoms with Crippen molar-refractivity contribution in [2.75, 3.05) is 6.54 Å². The molecule has 0 radical (unpaired) electrons. The monoisotopic (exact) mass is 285 g/mol. The number of imidazole rings is 1. The summed E-state index contributed by atoms with van der Waals surface area (Å²) in [5.41, 5.74) is 2.02. The maximum atomic E-state index is 12.4. The Balaban J connectivity index is 1.62. The highest BCUT2D eigenvalue weighted by atomic mass is 16.2. The van der Waals surface area contributed by atoms with Crippen molar-refractivity contribution in [1.82, 2.24) is 14.9 Å². The van der Waals surface area contributed by atoms with Crippen molar-refractivity contribution < 1.29 is 4.79 Å². The lowest BCUT2D eigenvalue weighted by Crippen LogP contribution is -2.43. The number of para-hydroxylation sites is 2. The Bertz CT molecular complexity index is 586. The number of amides is 1. The predicted octanol–water partition coefficient (Wildman–Crippen LogP) is 3.29. The lowest BCUT2D eigenvalue weighted by molar-refractivity contribution is -0.134. The number of likely N-dealkylation sites (tertiary alicyclic amines) is 1. The number of carbonyl (C=O) groups excluding carboxylic acids is 1. The maximum Gasteiger partial charge on any atom is 0.223 e. The summed E-state index contributed by atoms with van der Waals surface area (Å²) in [6.07, 6.45) is 5.87. The van der Waals surface area contributed by atoms with Gasteiger partial charge in [-0.05, 0) is 37.8 Å². The van der Waals surface area contributed by atoms with E-state index in [9.17, 15) is 4.79 Å². The molecule has 0 unspecified atom stereocenters. The van der Waals surface area contributed by atoms with Crippen molar-refractivity contribution >= 4 is 16.9 Å². The van der Waals surface area contributed by atoms with E-state index in [-0.39, 0.29) is 5.91 Å². The number of carbonyl (C=O) groups is 1. The summed E-state index contributed by atoms with van der Waals surface area (Å²) in [7, 11) is 0. The summed E-state index contributed by atoms with van der Waals surface area (Å²) in [6, 6.07) is 8.44. The number of H-pyrrole nitrogens is 1. The molecule has 0 aliphatic carbocycles. The lowest BCUT2D eigenvalue weighted by atomic mass is 9.99. The van der Waals surface area contributed by atoms with Crippen molar-refractivity contribution in [3.8, 4) is 0 Å². The molecule has 1 aromatic carbocycles. The minimum atomic E-state index is 0.280. The molecule has 1 fully saturated rings. The molecule has 2 aromatic rings. The second-order valence-corrected chi connectivity index (χ2v) is 5.85. The molecular weight excluding hydrogens is 262 g/mol. The van der Waals surface area contributed by atoms with Crippen molar-refractivity contribution in [3.63, 3.8) is 0 Å². The minimum Gasteiger partial charge on any atom is -0.342 e. The first-order valence-corrected chi connectivity index (χ1v) is 8.01. The van der Waals surface area contributed by atoms with Crippen LogP contribution < -0.4 is 0 Å². The number of nitrogens with zero attached hydrogens (tertiary/aromatic N) is 2. The molecule has 1 aliphatic rings. The van der Waals surface area contributed by atoms with Crippen LogP contribution in [0.25, 0.3) is 11.0 Å². The summed E-state index contributed by atoms with van der Waals surface area (Å²) in [6.45, 7) is 3.10. The second-order valence-electron chi connectivity index (χ2n) is 5.85. The lowest BCUT2D eigenvalue weighted by Gasteiger charge is -2.35. The quantitative estimate of drug-likeness (QED) is 0.937. The number of hydrogen-bond acceptors (Lipinski definition) is 2. The van der Waals surface area contributed by atoms with Gasteiger partial charge in [0.1, 0.15) is 5.82 Å². The second kappa shape index (κ2) is 6.29. The first-order chi connectivity index (χ1) is 10.3. The van der Waals surface area contributed by atoms with E-state index in [0.29, 0.717) is 18.9 Å². The van der Waals surface area contributed by atoms with Gasteiger partial charge >= 0.3 is 0 Å². The third-order valence-electron chi connectivity index (χ3n) is 4.43. The SMILES string of the molecule is CC[C@H]1CCCCN1C(=O)CCc1nc2ccccc2[nH]1. The van der Waals surface area contributed by atoms with Gasteiger partial charge in [0.05, 0.1) is 11.0 Å². The number of aryl methyl sites for hydroxylation is 1. The van der Waals surface area contributed by atoms with Gasteiger partial charge in [-0.25, -0.2) is 4.98 Å². The fourth-order valence-corrected chi connectivity index (χ4v) is 3.25. The normalized spacial score (nSPS) is 19.1. The van der Waals surface area contributed by atoms with Crippen LogP contribution in [0, 0.1) is 0 Å². The Kier molecular flexibility index (Phi) is 4.23. The van der Waals surface area contributed by atoms with Gasteiger partial charge < -0.3 is 9.88 Å². The number of rotatable bonds is 4. The highest BCUT2D eigenvalue weighted by molar-refractivity contribution is 5.77. The smallest absolute Gasteiger partial charge is 0.223 e. The van der Waals surface area contributed by atoms with Crippen LogP contribution in [0.1, 0.15) is 44.9 Å². The van der Waals surface area contributed by atoms with E-state index >= 15 is 0 Å². The van der Waals surface area contributed by atoms with Crippen LogP contribution in [0.2, 0.25) is 0 Å². The molecule has 0 saturated carbocycles. The molecule has 1 N–H and O–H groups in total. The van der Waals surface area contributed by atoms with Crippen molar-refractivity contribution in [1.29, 1.82) is 0 Å². The molecule has 2 heterocycles. The van der Waals surface area contributed by atoms with Gasteiger partial charge in [0.2, 0.25) is 5.91 Å². The zero-order chi connectivity index (χ0) is 14.7. The first-order valence-electron chi connectivity index (χ1n) is 8.01. The minimum absolute atomic E-state index is 0.280. The molecule has 4 heteroatoms. The van der Waals surface area contributed by atoms with Crippen molar-refractivity contribution in [2.45, 2.75) is 51.5 Å². The number of piperidine rings is 1. The molecule has 112 valence electrons.